The molecule has 0 bridgehead atoms. The van der Waals surface area contributed by atoms with Crippen LogP contribution in [0.2, 0.25) is 0 Å². The number of ketones is 1. The van der Waals surface area contributed by atoms with Crippen molar-refractivity contribution in [2.45, 2.75) is 6.92 Å². The summed E-state index contributed by atoms with van der Waals surface area (Å²) in [6, 6.07) is 0. The van der Waals surface area contributed by atoms with E-state index in [0.29, 0.717) is 5.78 Å². The van der Waals surface area contributed by atoms with Gasteiger partial charge in [-0.05, 0) is 6.92 Å². The van der Waals surface area contributed by atoms with Gasteiger partial charge in [0.15, 0.2) is 5.78 Å². The van der Waals surface area contributed by atoms with Gasteiger partial charge in [-0.3, -0.25) is 4.79 Å². The van der Waals surface area contributed by atoms with E-state index < -0.39 is 7.26 Å². The fraction of sp³-hybridized carbons (Fsp3) is 0.833. The average Bonchev–Trinajstić information content (AvgIpc) is 1.21. The van der Waals surface area contributed by atoms with Crippen LogP contribution in [0.1, 0.15) is 6.92 Å². The van der Waals surface area contributed by atoms with Gasteiger partial charge in [-0.1, -0.05) is 0 Å². The maximum Gasteiger partial charge on any atom is 0.166 e. The van der Waals surface area contributed by atoms with E-state index in [-0.39, 0.29) is 0 Å². The Bertz CT molecular complexity index is 91.2. The quantitative estimate of drug-likeness (QED) is 0.521. The van der Waals surface area contributed by atoms with Crippen molar-refractivity contribution in [1.82, 2.24) is 0 Å². The molecule has 0 unspecified atom stereocenters. The molecule has 48 valence electrons. The van der Waals surface area contributed by atoms with Gasteiger partial charge in [0, 0.05) is 27.3 Å². The van der Waals surface area contributed by atoms with Crippen LogP contribution in [0, 0.1) is 0 Å². The first-order valence-corrected chi connectivity index (χ1v) is 6.03. The summed E-state index contributed by atoms with van der Waals surface area (Å²) in [6.07, 6.45) is 0.799. The topological polar surface area (TPSA) is 17.1 Å². The van der Waals surface area contributed by atoms with Crippen molar-refractivity contribution >= 4 is 13.0 Å². The van der Waals surface area contributed by atoms with Gasteiger partial charge >= 0.3 is 0 Å². The van der Waals surface area contributed by atoms with Gasteiger partial charge < -0.3 is 0 Å². The lowest BCUT2D eigenvalue weighted by molar-refractivity contribution is -0.114. The Labute approximate surface area is 51.8 Å². The standard InChI is InChI=1S/C6H14OP/c1-6(7)5-8(2,3)4/h5H2,1-4H3/q+1. The first-order valence-electron chi connectivity index (χ1n) is 2.72. The first kappa shape index (κ1) is 8.10. The number of hydrogen-bond acceptors (Lipinski definition) is 1. The molecule has 0 aliphatic rings. The average molecular weight is 133 g/mol. The zero-order valence-electron chi connectivity index (χ0n) is 6.06. The van der Waals surface area contributed by atoms with E-state index in [9.17, 15) is 4.79 Å². The highest BCUT2D eigenvalue weighted by molar-refractivity contribution is 7.74. The predicted molar refractivity (Wildman–Crippen MR) is 40.2 cm³/mol. The summed E-state index contributed by atoms with van der Waals surface area (Å²) in [6.45, 7) is 8.18. The van der Waals surface area contributed by atoms with Gasteiger partial charge in [0.2, 0.25) is 0 Å². The Balaban J connectivity index is 3.55. The molecule has 0 radical (unpaired) electrons. The smallest absolute Gasteiger partial charge is 0.166 e. The number of hydrogen-bond donors (Lipinski definition) is 0. The highest BCUT2D eigenvalue weighted by Crippen LogP contribution is 2.45. The Kier molecular flexibility index (Phi) is 2.62. The molecule has 1 nitrogen and oxygen atoms in total. The summed E-state index contributed by atoms with van der Waals surface area (Å²) >= 11 is 0. The lowest BCUT2D eigenvalue weighted by Crippen LogP contribution is -2.01. The van der Waals surface area contributed by atoms with Crippen molar-refractivity contribution in [3.63, 3.8) is 0 Å². The molecule has 8 heavy (non-hydrogen) atoms. The highest BCUT2D eigenvalue weighted by atomic mass is 31.2. The van der Waals surface area contributed by atoms with E-state index in [4.69, 9.17) is 0 Å². The van der Waals surface area contributed by atoms with Crippen molar-refractivity contribution in [1.29, 1.82) is 0 Å². The Morgan fingerprint density at radius 1 is 1.38 bits per heavy atom. The number of carbonyl (C=O) groups is 1. The minimum atomic E-state index is -0.821. The van der Waals surface area contributed by atoms with Crippen LogP contribution in [0.4, 0.5) is 0 Å². The SMILES string of the molecule is CC(=O)C[P+](C)(C)C. The molecule has 0 aliphatic heterocycles. The Hall–Kier alpha value is 0.100. The van der Waals surface area contributed by atoms with Crippen molar-refractivity contribution in [3.8, 4) is 0 Å². The zero-order chi connectivity index (χ0) is 6.78. The molecule has 2 heteroatoms. The van der Waals surface area contributed by atoms with E-state index in [2.05, 4.69) is 20.0 Å². The van der Waals surface area contributed by atoms with Crippen LogP contribution in [-0.2, 0) is 4.79 Å². The monoisotopic (exact) mass is 133 g/mol. The van der Waals surface area contributed by atoms with E-state index in [1.54, 1.807) is 6.92 Å². The fourth-order valence-corrected chi connectivity index (χ4v) is 2.00. The first-order chi connectivity index (χ1) is 3.42. The molecule has 0 rings (SSSR count). The van der Waals surface area contributed by atoms with Gasteiger partial charge in [0.05, 0.1) is 0 Å². The van der Waals surface area contributed by atoms with E-state index in [1.807, 2.05) is 0 Å². The van der Waals surface area contributed by atoms with E-state index in [0.717, 1.165) is 6.16 Å². The Morgan fingerprint density at radius 3 is 1.75 bits per heavy atom. The minimum absolute atomic E-state index is 0.325. The maximum absolute atomic E-state index is 10.5. The Morgan fingerprint density at radius 2 is 1.75 bits per heavy atom. The maximum atomic E-state index is 10.5. The summed E-state index contributed by atoms with van der Waals surface area (Å²) in [4.78, 5) is 10.5. The van der Waals surface area contributed by atoms with Gasteiger partial charge in [0.25, 0.3) is 0 Å². The van der Waals surface area contributed by atoms with E-state index >= 15 is 0 Å². The van der Waals surface area contributed by atoms with Gasteiger partial charge in [-0.25, -0.2) is 0 Å². The molecule has 0 saturated heterocycles. The van der Waals surface area contributed by atoms with Gasteiger partial charge in [-0.2, -0.15) is 0 Å². The molecular weight excluding hydrogens is 119 g/mol. The van der Waals surface area contributed by atoms with Crippen molar-refractivity contribution in [3.05, 3.63) is 0 Å². The third kappa shape index (κ3) is 6.10. The van der Waals surface area contributed by atoms with Crippen LogP contribution in [0.5, 0.6) is 0 Å². The largest absolute Gasteiger partial charge is 0.296 e. The van der Waals surface area contributed by atoms with Crippen LogP contribution in [0.15, 0.2) is 0 Å². The molecule has 0 aromatic heterocycles. The number of carbonyl (C=O) groups excluding carboxylic acids is 1. The highest BCUT2D eigenvalue weighted by Gasteiger charge is 2.18. The zero-order valence-corrected chi connectivity index (χ0v) is 6.96. The lowest BCUT2D eigenvalue weighted by Gasteiger charge is -2.07. The summed E-state index contributed by atoms with van der Waals surface area (Å²) in [5, 5.41) is 0. The number of Topliss-reactive ketones (excluding diaryl/α,β-unsaturated/α-hetero) is 1. The van der Waals surface area contributed by atoms with Crippen molar-refractivity contribution in [2.75, 3.05) is 26.2 Å². The van der Waals surface area contributed by atoms with Crippen LogP contribution in [0.3, 0.4) is 0 Å². The van der Waals surface area contributed by atoms with Crippen LogP contribution < -0.4 is 0 Å². The molecule has 0 atom stereocenters. The molecule has 0 fully saturated rings. The normalized spacial score (nSPS) is 11.5. The second-order valence-electron chi connectivity index (χ2n) is 3.15. The second-order valence-corrected chi connectivity index (χ2v) is 8.05. The predicted octanol–water partition coefficient (Wildman–Crippen LogP) is 1.48. The molecule has 0 aromatic rings. The molecule has 0 heterocycles. The molecular formula is C6H14OP+. The summed E-state index contributed by atoms with van der Waals surface area (Å²) in [5.41, 5.74) is 0. The fourth-order valence-electron chi connectivity index (χ4n) is 0.668. The van der Waals surface area contributed by atoms with Crippen LogP contribution in [-0.4, -0.2) is 31.9 Å². The lowest BCUT2D eigenvalue weighted by atomic mass is 10.5. The second kappa shape index (κ2) is 2.59. The van der Waals surface area contributed by atoms with E-state index in [1.165, 1.54) is 0 Å². The third-order valence-electron chi connectivity index (χ3n) is 0.697. The summed E-state index contributed by atoms with van der Waals surface area (Å²) < 4.78 is 0. The molecule has 0 saturated carbocycles. The summed E-state index contributed by atoms with van der Waals surface area (Å²) in [7, 11) is -0.821. The molecule has 0 spiro atoms. The van der Waals surface area contributed by atoms with Crippen molar-refractivity contribution in [2.24, 2.45) is 0 Å². The van der Waals surface area contributed by atoms with Crippen LogP contribution in [0.25, 0.3) is 0 Å². The van der Waals surface area contributed by atoms with Gasteiger partial charge in [0.1, 0.15) is 6.16 Å². The van der Waals surface area contributed by atoms with Crippen LogP contribution >= 0.6 is 7.26 Å². The summed E-state index contributed by atoms with van der Waals surface area (Å²) in [5.74, 6) is 0.325. The molecule has 0 N–H and O–H groups in total. The molecule has 0 aliphatic carbocycles. The number of rotatable bonds is 2. The molecule has 0 amide bonds. The molecule has 0 aromatic carbocycles. The van der Waals surface area contributed by atoms with Crippen molar-refractivity contribution < 1.29 is 4.79 Å². The minimum Gasteiger partial charge on any atom is -0.296 e. The third-order valence-corrected chi connectivity index (χ3v) is 2.09. The van der Waals surface area contributed by atoms with Gasteiger partial charge in [-0.15, -0.1) is 0 Å².